The highest BCUT2D eigenvalue weighted by atomic mass is 32.1. The Morgan fingerprint density at radius 1 is 1.04 bits per heavy atom. The van der Waals surface area contributed by atoms with Crippen LogP contribution in [0.4, 0.5) is 0 Å². The van der Waals surface area contributed by atoms with Gasteiger partial charge in [-0.3, -0.25) is 4.79 Å². The fourth-order valence-corrected chi connectivity index (χ4v) is 4.87. The summed E-state index contributed by atoms with van der Waals surface area (Å²) in [6.45, 7) is 1.23. The molecule has 144 valence electrons. The molecule has 2 aromatic carbocycles. The maximum atomic E-state index is 13.0. The van der Waals surface area contributed by atoms with Crippen molar-refractivity contribution in [1.29, 1.82) is 0 Å². The lowest BCUT2D eigenvalue weighted by Gasteiger charge is -2.26. The molecule has 1 aliphatic rings. The van der Waals surface area contributed by atoms with Crippen molar-refractivity contribution in [3.63, 3.8) is 0 Å². The standard InChI is InChI=1S/C24H26N2OS/c27-24(26-15-7-13-22(26)23-14-8-16-28-23)18-25-21(20-11-5-2-6-12-20)17-19-9-3-1-4-10-19/h1-6,8-12,14,16,21-22,25H,7,13,15,17-18H2. The molecule has 1 N–H and O–H groups in total. The predicted octanol–water partition coefficient (Wildman–Crippen LogP) is 4.99. The van der Waals surface area contributed by atoms with Crippen LogP contribution in [0.1, 0.15) is 40.9 Å². The zero-order valence-electron chi connectivity index (χ0n) is 16.0. The fraction of sp³-hybridized carbons (Fsp3) is 0.292. The molecule has 4 rings (SSSR count). The normalized spacial score (nSPS) is 17.6. The average Bonchev–Trinajstić information content (AvgIpc) is 3.44. The van der Waals surface area contributed by atoms with Gasteiger partial charge < -0.3 is 10.2 Å². The summed E-state index contributed by atoms with van der Waals surface area (Å²) in [7, 11) is 0. The molecule has 4 heteroatoms. The zero-order valence-corrected chi connectivity index (χ0v) is 16.8. The van der Waals surface area contributed by atoms with Crippen molar-refractivity contribution in [2.24, 2.45) is 0 Å². The van der Waals surface area contributed by atoms with Crippen molar-refractivity contribution < 1.29 is 4.79 Å². The molecule has 0 radical (unpaired) electrons. The number of benzene rings is 2. The second kappa shape index (κ2) is 9.18. The number of thiophene rings is 1. The molecule has 0 saturated carbocycles. The molecule has 1 amide bonds. The van der Waals surface area contributed by atoms with Gasteiger partial charge in [0.25, 0.3) is 0 Å². The molecular formula is C24H26N2OS. The lowest BCUT2D eigenvalue weighted by Crippen LogP contribution is -2.39. The largest absolute Gasteiger partial charge is 0.334 e. The van der Waals surface area contributed by atoms with Gasteiger partial charge in [-0.15, -0.1) is 11.3 Å². The van der Waals surface area contributed by atoms with E-state index < -0.39 is 0 Å². The molecular weight excluding hydrogens is 364 g/mol. The van der Waals surface area contributed by atoms with Crippen LogP contribution >= 0.6 is 11.3 Å². The van der Waals surface area contributed by atoms with E-state index in [1.54, 1.807) is 11.3 Å². The lowest BCUT2D eigenvalue weighted by atomic mass is 9.99. The van der Waals surface area contributed by atoms with E-state index in [9.17, 15) is 4.79 Å². The Morgan fingerprint density at radius 3 is 2.50 bits per heavy atom. The van der Waals surface area contributed by atoms with Gasteiger partial charge >= 0.3 is 0 Å². The van der Waals surface area contributed by atoms with E-state index in [0.717, 1.165) is 25.8 Å². The third-order valence-electron chi connectivity index (χ3n) is 5.43. The number of rotatable bonds is 7. The number of nitrogens with zero attached hydrogens (tertiary/aromatic N) is 1. The number of hydrogen-bond acceptors (Lipinski definition) is 3. The second-order valence-corrected chi connectivity index (χ2v) is 8.27. The van der Waals surface area contributed by atoms with Crippen LogP contribution in [0.25, 0.3) is 0 Å². The van der Waals surface area contributed by atoms with Gasteiger partial charge in [0.15, 0.2) is 0 Å². The number of carbonyl (C=O) groups excluding carboxylic acids is 1. The Labute approximate surface area is 171 Å². The minimum atomic E-state index is 0.121. The zero-order chi connectivity index (χ0) is 19.2. The SMILES string of the molecule is O=C(CNC(Cc1ccccc1)c1ccccc1)N1CCCC1c1cccs1. The van der Waals surface area contributed by atoms with Crippen LogP contribution in [0.5, 0.6) is 0 Å². The summed E-state index contributed by atoms with van der Waals surface area (Å²) in [5.74, 6) is 0.199. The third-order valence-corrected chi connectivity index (χ3v) is 6.40. The Kier molecular flexibility index (Phi) is 6.20. The second-order valence-electron chi connectivity index (χ2n) is 7.29. The summed E-state index contributed by atoms with van der Waals surface area (Å²) < 4.78 is 0. The molecule has 3 aromatic rings. The minimum Gasteiger partial charge on any atom is -0.334 e. The number of amides is 1. The highest BCUT2D eigenvalue weighted by Crippen LogP contribution is 2.34. The van der Waals surface area contributed by atoms with Crippen molar-refractivity contribution in [2.45, 2.75) is 31.3 Å². The summed E-state index contributed by atoms with van der Waals surface area (Å²) in [6.07, 6.45) is 3.02. The summed E-state index contributed by atoms with van der Waals surface area (Å²) in [5.41, 5.74) is 2.49. The molecule has 0 bridgehead atoms. The average molecular weight is 391 g/mol. The van der Waals surface area contributed by atoms with Crippen LogP contribution in [0.2, 0.25) is 0 Å². The highest BCUT2D eigenvalue weighted by Gasteiger charge is 2.30. The minimum absolute atomic E-state index is 0.121. The summed E-state index contributed by atoms with van der Waals surface area (Å²) in [6, 6.07) is 25.5. The quantitative estimate of drug-likeness (QED) is 0.617. The van der Waals surface area contributed by atoms with E-state index in [2.05, 4.69) is 76.3 Å². The van der Waals surface area contributed by atoms with Crippen molar-refractivity contribution >= 4 is 17.2 Å². The molecule has 1 aromatic heterocycles. The molecule has 1 saturated heterocycles. The monoisotopic (exact) mass is 390 g/mol. The van der Waals surface area contributed by atoms with E-state index >= 15 is 0 Å². The summed E-state index contributed by atoms with van der Waals surface area (Å²) in [5, 5.41) is 5.64. The van der Waals surface area contributed by atoms with Gasteiger partial charge in [-0.25, -0.2) is 0 Å². The van der Waals surface area contributed by atoms with Gasteiger partial charge in [0.05, 0.1) is 12.6 Å². The Morgan fingerprint density at radius 2 is 1.79 bits per heavy atom. The lowest BCUT2D eigenvalue weighted by molar-refractivity contribution is -0.131. The first-order valence-corrected chi connectivity index (χ1v) is 10.8. The molecule has 0 spiro atoms. The van der Waals surface area contributed by atoms with Crippen LogP contribution in [-0.2, 0) is 11.2 Å². The van der Waals surface area contributed by atoms with Crippen molar-refractivity contribution in [1.82, 2.24) is 10.2 Å². The van der Waals surface area contributed by atoms with Gasteiger partial charge in [0, 0.05) is 17.5 Å². The van der Waals surface area contributed by atoms with Gasteiger partial charge in [0.1, 0.15) is 0 Å². The van der Waals surface area contributed by atoms with Crippen LogP contribution in [-0.4, -0.2) is 23.9 Å². The van der Waals surface area contributed by atoms with E-state index in [0.29, 0.717) is 6.54 Å². The molecule has 0 aliphatic carbocycles. The van der Waals surface area contributed by atoms with Crippen LogP contribution in [0.15, 0.2) is 78.2 Å². The highest BCUT2D eigenvalue weighted by molar-refractivity contribution is 7.10. The number of nitrogens with one attached hydrogen (secondary N) is 1. The van der Waals surface area contributed by atoms with Gasteiger partial charge in [0.2, 0.25) is 5.91 Å². The molecule has 2 heterocycles. The van der Waals surface area contributed by atoms with Crippen molar-refractivity contribution in [3.8, 4) is 0 Å². The Hall–Kier alpha value is -2.43. The summed E-state index contributed by atoms with van der Waals surface area (Å²) >= 11 is 1.75. The van der Waals surface area contributed by atoms with Crippen molar-refractivity contribution in [2.75, 3.05) is 13.1 Å². The number of hydrogen-bond donors (Lipinski definition) is 1. The molecule has 1 aliphatic heterocycles. The Bertz CT molecular complexity index is 864. The molecule has 2 unspecified atom stereocenters. The Balaban J connectivity index is 1.44. The topological polar surface area (TPSA) is 32.3 Å². The van der Waals surface area contributed by atoms with Crippen LogP contribution < -0.4 is 5.32 Å². The fourth-order valence-electron chi connectivity index (χ4n) is 4.00. The smallest absolute Gasteiger partial charge is 0.237 e. The molecule has 1 fully saturated rings. The van der Waals surface area contributed by atoms with Crippen molar-refractivity contribution in [3.05, 3.63) is 94.2 Å². The number of carbonyl (C=O) groups is 1. The summed E-state index contributed by atoms with van der Waals surface area (Å²) in [4.78, 5) is 16.4. The van der Waals surface area contributed by atoms with E-state index in [-0.39, 0.29) is 18.0 Å². The molecule has 28 heavy (non-hydrogen) atoms. The van der Waals surface area contributed by atoms with Gasteiger partial charge in [-0.2, -0.15) is 0 Å². The van der Waals surface area contributed by atoms with E-state index in [4.69, 9.17) is 0 Å². The van der Waals surface area contributed by atoms with E-state index in [1.165, 1.54) is 16.0 Å². The van der Waals surface area contributed by atoms with Gasteiger partial charge in [-0.05, 0) is 41.8 Å². The maximum absolute atomic E-state index is 13.0. The van der Waals surface area contributed by atoms with Crippen LogP contribution in [0.3, 0.4) is 0 Å². The first-order chi connectivity index (χ1) is 13.8. The van der Waals surface area contributed by atoms with Crippen LogP contribution in [0, 0.1) is 0 Å². The molecule has 3 nitrogen and oxygen atoms in total. The first-order valence-electron chi connectivity index (χ1n) is 9.96. The first kappa shape index (κ1) is 18.9. The third kappa shape index (κ3) is 4.51. The molecule has 2 atom stereocenters. The number of likely N-dealkylation sites (tertiary alicyclic amines) is 1. The van der Waals surface area contributed by atoms with E-state index in [1.807, 2.05) is 12.1 Å². The maximum Gasteiger partial charge on any atom is 0.237 e. The van der Waals surface area contributed by atoms with Gasteiger partial charge in [-0.1, -0.05) is 66.7 Å². The predicted molar refractivity (Wildman–Crippen MR) is 115 cm³/mol.